The lowest BCUT2D eigenvalue weighted by Gasteiger charge is -2.28. The fourth-order valence-electron chi connectivity index (χ4n) is 3.44. The highest BCUT2D eigenvalue weighted by Gasteiger charge is 2.41. The fraction of sp³-hybridized carbons (Fsp3) is 0.444. The Hall–Kier alpha value is -2.90. The Morgan fingerprint density at radius 2 is 1.96 bits per heavy atom. The average Bonchev–Trinajstić information content (AvgIpc) is 3.32. The SMILES string of the molecule is NC(=O)C1(NC(=O)N[C@H](CCn2cncn2)c2ccccc2)CCCC1. The standard InChI is InChI=1S/C18H24N6O2/c19-16(25)18(9-4-5-10-18)23-17(26)22-15(14-6-2-1-3-7-14)8-11-24-13-20-12-21-24/h1-3,6-7,12-13,15H,4-5,8-11H2,(H2,19,25)(H2,22,23,26)/t15-/m1/s1. The molecule has 2 aromatic rings. The summed E-state index contributed by atoms with van der Waals surface area (Å²) in [5.74, 6) is -0.468. The Bertz CT molecular complexity index is 725. The van der Waals surface area contributed by atoms with Gasteiger partial charge in [-0.3, -0.25) is 9.48 Å². The van der Waals surface area contributed by atoms with Gasteiger partial charge in [0.15, 0.2) is 0 Å². The summed E-state index contributed by atoms with van der Waals surface area (Å²) in [4.78, 5) is 28.4. The van der Waals surface area contributed by atoms with Crippen molar-refractivity contribution in [3.05, 3.63) is 48.5 Å². The summed E-state index contributed by atoms with van der Waals surface area (Å²) < 4.78 is 1.72. The zero-order chi connectivity index (χ0) is 18.4. The number of nitrogens with zero attached hydrogens (tertiary/aromatic N) is 3. The van der Waals surface area contributed by atoms with Crippen molar-refractivity contribution in [2.45, 2.75) is 50.2 Å². The monoisotopic (exact) mass is 356 g/mol. The number of aromatic nitrogens is 3. The maximum Gasteiger partial charge on any atom is 0.316 e. The van der Waals surface area contributed by atoms with Crippen molar-refractivity contribution in [2.75, 3.05) is 0 Å². The number of nitrogens with two attached hydrogens (primary N) is 1. The molecule has 8 heteroatoms. The second-order valence-corrected chi connectivity index (χ2v) is 6.66. The molecule has 0 aliphatic heterocycles. The van der Waals surface area contributed by atoms with Crippen LogP contribution < -0.4 is 16.4 Å². The minimum Gasteiger partial charge on any atom is -0.368 e. The Balaban J connectivity index is 1.68. The summed E-state index contributed by atoms with van der Waals surface area (Å²) >= 11 is 0. The molecular formula is C18H24N6O2. The molecule has 3 rings (SSSR count). The van der Waals surface area contributed by atoms with Crippen LogP contribution in [-0.4, -0.2) is 32.2 Å². The number of hydrogen-bond donors (Lipinski definition) is 3. The number of carbonyl (C=O) groups excluding carboxylic acids is 2. The summed E-state index contributed by atoms with van der Waals surface area (Å²) in [6.45, 7) is 0.612. The van der Waals surface area contributed by atoms with Crippen molar-refractivity contribution in [3.8, 4) is 0 Å². The summed E-state index contributed by atoms with van der Waals surface area (Å²) in [5, 5.41) is 9.90. The number of urea groups is 1. The van der Waals surface area contributed by atoms with Gasteiger partial charge in [-0.1, -0.05) is 43.2 Å². The van der Waals surface area contributed by atoms with Crippen LogP contribution in [0.5, 0.6) is 0 Å². The van der Waals surface area contributed by atoms with Gasteiger partial charge in [-0.2, -0.15) is 5.10 Å². The predicted octanol–water partition coefficient (Wildman–Crippen LogP) is 1.51. The van der Waals surface area contributed by atoms with Crippen molar-refractivity contribution >= 4 is 11.9 Å². The Morgan fingerprint density at radius 1 is 1.23 bits per heavy atom. The van der Waals surface area contributed by atoms with Gasteiger partial charge in [0, 0.05) is 6.54 Å². The molecular weight excluding hydrogens is 332 g/mol. The van der Waals surface area contributed by atoms with E-state index in [2.05, 4.69) is 20.7 Å². The summed E-state index contributed by atoms with van der Waals surface area (Å²) in [6, 6.07) is 9.12. The second-order valence-electron chi connectivity index (χ2n) is 6.66. The first kappa shape index (κ1) is 17.9. The predicted molar refractivity (Wildman–Crippen MR) is 95.9 cm³/mol. The topological polar surface area (TPSA) is 115 Å². The van der Waals surface area contributed by atoms with E-state index in [-0.39, 0.29) is 12.1 Å². The third kappa shape index (κ3) is 4.19. The number of benzene rings is 1. The molecule has 0 spiro atoms. The van der Waals surface area contributed by atoms with E-state index in [9.17, 15) is 9.59 Å². The Kier molecular flexibility index (Phi) is 5.50. The van der Waals surface area contributed by atoms with Crippen LogP contribution in [0, 0.1) is 0 Å². The molecule has 0 unspecified atom stereocenters. The van der Waals surface area contributed by atoms with Crippen LogP contribution in [0.1, 0.15) is 43.7 Å². The van der Waals surface area contributed by atoms with E-state index < -0.39 is 11.4 Å². The highest BCUT2D eigenvalue weighted by atomic mass is 16.2. The van der Waals surface area contributed by atoms with Crippen LogP contribution in [0.2, 0.25) is 0 Å². The number of nitrogens with one attached hydrogen (secondary N) is 2. The largest absolute Gasteiger partial charge is 0.368 e. The molecule has 1 aromatic carbocycles. The molecule has 8 nitrogen and oxygen atoms in total. The van der Waals surface area contributed by atoms with Gasteiger partial charge in [-0.15, -0.1) is 0 Å². The summed E-state index contributed by atoms with van der Waals surface area (Å²) in [7, 11) is 0. The molecule has 1 heterocycles. The number of carbonyl (C=O) groups is 2. The lowest BCUT2D eigenvalue weighted by molar-refractivity contribution is -0.123. The first-order valence-corrected chi connectivity index (χ1v) is 8.85. The maximum absolute atomic E-state index is 12.6. The van der Waals surface area contributed by atoms with Crippen LogP contribution in [0.4, 0.5) is 4.79 Å². The van der Waals surface area contributed by atoms with Gasteiger partial charge in [0.25, 0.3) is 0 Å². The molecule has 1 aliphatic carbocycles. The van der Waals surface area contributed by atoms with E-state index in [0.717, 1.165) is 18.4 Å². The first-order valence-electron chi connectivity index (χ1n) is 8.85. The van der Waals surface area contributed by atoms with Crippen molar-refractivity contribution in [1.29, 1.82) is 0 Å². The van der Waals surface area contributed by atoms with Crippen LogP contribution in [0.3, 0.4) is 0 Å². The minimum atomic E-state index is -0.933. The molecule has 3 amide bonds. The van der Waals surface area contributed by atoms with Gasteiger partial charge in [-0.25, -0.2) is 9.78 Å². The van der Waals surface area contributed by atoms with Gasteiger partial charge < -0.3 is 16.4 Å². The van der Waals surface area contributed by atoms with Crippen molar-refractivity contribution in [2.24, 2.45) is 5.73 Å². The molecule has 1 atom stereocenters. The Morgan fingerprint density at radius 3 is 2.58 bits per heavy atom. The minimum absolute atomic E-state index is 0.216. The molecule has 1 aliphatic rings. The molecule has 138 valence electrons. The molecule has 0 saturated heterocycles. The Labute approximate surface area is 152 Å². The van der Waals surface area contributed by atoms with E-state index >= 15 is 0 Å². The van der Waals surface area contributed by atoms with Gasteiger partial charge in [-0.05, 0) is 24.8 Å². The number of aryl methyl sites for hydroxylation is 1. The van der Waals surface area contributed by atoms with E-state index in [0.29, 0.717) is 25.8 Å². The van der Waals surface area contributed by atoms with Crippen LogP contribution in [-0.2, 0) is 11.3 Å². The normalized spacial score (nSPS) is 16.8. The third-order valence-electron chi connectivity index (χ3n) is 4.90. The smallest absolute Gasteiger partial charge is 0.316 e. The van der Waals surface area contributed by atoms with E-state index in [1.807, 2.05) is 30.3 Å². The molecule has 1 fully saturated rings. The maximum atomic E-state index is 12.6. The van der Waals surface area contributed by atoms with Gasteiger partial charge in [0.2, 0.25) is 5.91 Å². The third-order valence-corrected chi connectivity index (χ3v) is 4.90. The van der Waals surface area contributed by atoms with Gasteiger partial charge in [0.05, 0.1) is 6.04 Å². The highest BCUT2D eigenvalue weighted by Crippen LogP contribution is 2.29. The van der Waals surface area contributed by atoms with Crippen LogP contribution in [0.25, 0.3) is 0 Å². The fourth-order valence-corrected chi connectivity index (χ4v) is 3.44. The number of amides is 3. The average molecular weight is 356 g/mol. The zero-order valence-corrected chi connectivity index (χ0v) is 14.6. The highest BCUT2D eigenvalue weighted by molar-refractivity contribution is 5.90. The molecule has 0 radical (unpaired) electrons. The lowest BCUT2D eigenvalue weighted by atomic mass is 9.97. The number of rotatable bonds is 7. The summed E-state index contributed by atoms with van der Waals surface area (Å²) in [5.41, 5.74) is 5.60. The quantitative estimate of drug-likeness (QED) is 0.697. The lowest BCUT2D eigenvalue weighted by Crippen LogP contribution is -2.58. The molecule has 1 saturated carbocycles. The molecule has 26 heavy (non-hydrogen) atoms. The van der Waals surface area contributed by atoms with Crippen LogP contribution in [0.15, 0.2) is 43.0 Å². The van der Waals surface area contributed by atoms with Crippen molar-refractivity contribution < 1.29 is 9.59 Å². The molecule has 0 bridgehead atoms. The number of primary amides is 1. The van der Waals surface area contributed by atoms with E-state index in [1.165, 1.54) is 6.33 Å². The molecule has 1 aromatic heterocycles. The summed E-state index contributed by atoms with van der Waals surface area (Å²) in [6.07, 6.45) is 6.71. The molecule has 4 N–H and O–H groups in total. The van der Waals surface area contributed by atoms with Crippen molar-refractivity contribution in [3.63, 3.8) is 0 Å². The van der Waals surface area contributed by atoms with E-state index in [1.54, 1.807) is 11.0 Å². The first-order chi connectivity index (χ1) is 12.6. The van der Waals surface area contributed by atoms with E-state index in [4.69, 9.17) is 5.73 Å². The van der Waals surface area contributed by atoms with Gasteiger partial charge >= 0.3 is 6.03 Å². The van der Waals surface area contributed by atoms with Gasteiger partial charge in [0.1, 0.15) is 18.2 Å². The zero-order valence-electron chi connectivity index (χ0n) is 14.6. The second kappa shape index (κ2) is 7.99. The number of hydrogen-bond acceptors (Lipinski definition) is 4. The van der Waals surface area contributed by atoms with Crippen LogP contribution >= 0.6 is 0 Å². The van der Waals surface area contributed by atoms with Crippen molar-refractivity contribution in [1.82, 2.24) is 25.4 Å².